The fourth-order valence-corrected chi connectivity index (χ4v) is 1.62. The van der Waals surface area contributed by atoms with Crippen molar-refractivity contribution in [2.75, 3.05) is 0 Å². The van der Waals surface area contributed by atoms with Crippen LogP contribution in [0.15, 0.2) is 47.8 Å². The van der Waals surface area contributed by atoms with Crippen LogP contribution in [0.3, 0.4) is 0 Å². The summed E-state index contributed by atoms with van der Waals surface area (Å²) < 4.78 is 0. The molecule has 0 saturated carbocycles. The van der Waals surface area contributed by atoms with E-state index in [2.05, 4.69) is 10.1 Å². The van der Waals surface area contributed by atoms with Crippen LogP contribution in [-0.2, 0) is 6.42 Å². The highest BCUT2D eigenvalue weighted by Crippen LogP contribution is 2.24. The summed E-state index contributed by atoms with van der Waals surface area (Å²) in [7, 11) is 0. The Kier molecular flexibility index (Phi) is 3.43. The SMILES string of the molecule is ON=C(Cc1ccccn1)c1ccc(O)cc1O. The Labute approximate surface area is 104 Å². The van der Waals surface area contributed by atoms with Gasteiger partial charge in [-0.15, -0.1) is 0 Å². The number of hydrogen-bond donors (Lipinski definition) is 3. The van der Waals surface area contributed by atoms with Crippen LogP contribution in [-0.4, -0.2) is 26.1 Å². The number of rotatable bonds is 3. The standard InChI is InChI=1S/C13H12N2O3/c16-10-4-5-11(13(17)8-10)12(15-18)7-9-3-1-2-6-14-9/h1-6,8,16-18H,7H2. The largest absolute Gasteiger partial charge is 0.508 e. The van der Waals surface area contributed by atoms with E-state index < -0.39 is 0 Å². The average Bonchev–Trinajstić information content (AvgIpc) is 2.38. The van der Waals surface area contributed by atoms with Crippen molar-refractivity contribution in [3.8, 4) is 11.5 Å². The number of phenols is 2. The highest BCUT2D eigenvalue weighted by Gasteiger charge is 2.11. The smallest absolute Gasteiger partial charge is 0.128 e. The Morgan fingerprint density at radius 1 is 1.17 bits per heavy atom. The molecule has 1 aromatic carbocycles. The summed E-state index contributed by atoms with van der Waals surface area (Å²) in [5, 5.41) is 31.1. The van der Waals surface area contributed by atoms with Crippen LogP contribution < -0.4 is 0 Å². The van der Waals surface area contributed by atoms with Crippen LogP contribution in [0.1, 0.15) is 11.3 Å². The van der Waals surface area contributed by atoms with Crippen molar-refractivity contribution in [2.45, 2.75) is 6.42 Å². The first kappa shape index (κ1) is 11.9. The Morgan fingerprint density at radius 3 is 2.61 bits per heavy atom. The number of aromatic hydroxyl groups is 2. The zero-order valence-corrected chi connectivity index (χ0v) is 9.48. The molecule has 1 aromatic heterocycles. The molecule has 0 bridgehead atoms. The molecule has 0 fully saturated rings. The number of phenolic OH excluding ortho intramolecular Hbond substituents is 2. The van der Waals surface area contributed by atoms with Gasteiger partial charge in [0, 0.05) is 29.9 Å². The minimum atomic E-state index is -0.140. The molecule has 0 atom stereocenters. The molecular formula is C13H12N2O3. The Morgan fingerprint density at radius 2 is 2.00 bits per heavy atom. The highest BCUT2D eigenvalue weighted by atomic mass is 16.4. The lowest BCUT2D eigenvalue weighted by Gasteiger charge is -2.07. The molecule has 0 amide bonds. The van der Waals surface area contributed by atoms with E-state index in [1.165, 1.54) is 18.2 Å². The molecule has 0 aliphatic heterocycles. The van der Waals surface area contributed by atoms with Gasteiger partial charge in [-0.25, -0.2) is 0 Å². The van der Waals surface area contributed by atoms with Crippen molar-refractivity contribution in [1.29, 1.82) is 0 Å². The van der Waals surface area contributed by atoms with Gasteiger partial charge >= 0.3 is 0 Å². The summed E-state index contributed by atoms with van der Waals surface area (Å²) in [5.41, 5.74) is 1.37. The molecule has 5 heteroatoms. The predicted octanol–water partition coefficient (Wildman–Crippen LogP) is 1.91. The lowest BCUT2D eigenvalue weighted by atomic mass is 10.0. The quantitative estimate of drug-likeness (QED) is 0.437. The van der Waals surface area contributed by atoms with E-state index in [4.69, 9.17) is 5.21 Å². The molecule has 2 aromatic rings. The Balaban J connectivity index is 2.30. The van der Waals surface area contributed by atoms with Gasteiger partial charge in [0.1, 0.15) is 11.5 Å². The van der Waals surface area contributed by atoms with Gasteiger partial charge in [0.05, 0.1) is 5.71 Å². The molecule has 0 aliphatic rings. The lowest BCUT2D eigenvalue weighted by Crippen LogP contribution is -2.07. The van der Waals surface area contributed by atoms with Crippen LogP contribution >= 0.6 is 0 Å². The molecule has 92 valence electrons. The number of pyridine rings is 1. The maximum atomic E-state index is 9.70. The van der Waals surface area contributed by atoms with Gasteiger partial charge in [-0.05, 0) is 24.3 Å². The minimum Gasteiger partial charge on any atom is -0.508 e. The number of nitrogens with zero attached hydrogens (tertiary/aromatic N) is 2. The molecule has 0 spiro atoms. The molecule has 0 saturated heterocycles. The molecule has 0 radical (unpaired) electrons. The molecule has 2 rings (SSSR count). The van der Waals surface area contributed by atoms with E-state index in [1.807, 2.05) is 6.07 Å². The maximum Gasteiger partial charge on any atom is 0.128 e. The first-order valence-corrected chi connectivity index (χ1v) is 5.34. The molecular weight excluding hydrogens is 232 g/mol. The maximum absolute atomic E-state index is 9.70. The fraction of sp³-hybridized carbons (Fsp3) is 0.0769. The lowest BCUT2D eigenvalue weighted by molar-refractivity contribution is 0.318. The number of aromatic nitrogens is 1. The van der Waals surface area contributed by atoms with Gasteiger partial charge in [0.2, 0.25) is 0 Å². The summed E-state index contributed by atoms with van der Waals surface area (Å²) in [6.07, 6.45) is 1.93. The van der Waals surface area contributed by atoms with Gasteiger partial charge in [0.15, 0.2) is 0 Å². The van der Waals surface area contributed by atoms with Crippen molar-refractivity contribution < 1.29 is 15.4 Å². The van der Waals surface area contributed by atoms with Crippen LogP contribution in [0.4, 0.5) is 0 Å². The average molecular weight is 244 g/mol. The van der Waals surface area contributed by atoms with Crippen molar-refractivity contribution >= 4 is 5.71 Å². The predicted molar refractivity (Wildman–Crippen MR) is 66.0 cm³/mol. The van der Waals surface area contributed by atoms with Gasteiger partial charge in [-0.1, -0.05) is 11.2 Å². The first-order chi connectivity index (χ1) is 8.70. The zero-order valence-electron chi connectivity index (χ0n) is 9.48. The summed E-state index contributed by atoms with van der Waals surface area (Å²) >= 11 is 0. The fourth-order valence-electron chi connectivity index (χ4n) is 1.62. The van der Waals surface area contributed by atoms with Crippen molar-refractivity contribution in [3.63, 3.8) is 0 Å². The molecule has 0 unspecified atom stereocenters. The third-order valence-corrected chi connectivity index (χ3v) is 2.49. The number of hydrogen-bond acceptors (Lipinski definition) is 5. The van der Waals surface area contributed by atoms with Gasteiger partial charge < -0.3 is 15.4 Å². The van der Waals surface area contributed by atoms with Crippen molar-refractivity contribution in [3.05, 3.63) is 53.9 Å². The third kappa shape index (κ3) is 2.57. The highest BCUT2D eigenvalue weighted by molar-refractivity contribution is 6.03. The van der Waals surface area contributed by atoms with Crippen molar-refractivity contribution in [2.24, 2.45) is 5.16 Å². The van der Waals surface area contributed by atoms with Gasteiger partial charge in [-0.3, -0.25) is 4.98 Å². The second-order valence-electron chi connectivity index (χ2n) is 3.75. The molecule has 1 heterocycles. The number of benzene rings is 1. The monoisotopic (exact) mass is 244 g/mol. The van der Waals surface area contributed by atoms with E-state index in [0.29, 0.717) is 5.56 Å². The minimum absolute atomic E-state index is 0.0497. The van der Waals surface area contributed by atoms with E-state index in [0.717, 1.165) is 5.69 Å². The molecule has 18 heavy (non-hydrogen) atoms. The van der Waals surface area contributed by atoms with E-state index in [1.54, 1.807) is 18.3 Å². The van der Waals surface area contributed by atoms with E-state index >= 15 is 0 Å². The topological polar surface area (TPSA) is 85.9 Å². The second-order valence-corrected chi connectivity index (χ2v) is 3.75. The Hall–Kier alpha value is -2.56. The third-order valence-electron chi connectivity index (χ3n) is 2.49. The second kappa shape index (κ2) is 5.18. The normalized spacial score (nSPS) is 11.4. The van der Waals surface area contributed by atoms with Crippen LogP contribution in [0.2, 0.25) is 0 Å². The number of oxime groups is 1. The van der Waals surface area contributed by atoms with Crippen molar-refractivity contribution in [1.82, 2.24) is 4.98 Å². The van der Waals surface area contributed by atoms with Gasteiger partial charge in [-0.2, -0.15) is 0 Å². The summed E-state index contributed by atoms with van der Waals surface area (Å²) in [5.74, 6) is -0.190. The van der Waals surface area contributed by atoms with E-state index in [-0.39, 0.29) is 23.6 Å². The van der Waals surface area contributed by atoms with E-state index in [9.17, 15) is 10.2 Å². The molecule has 5 nitrogen and oxygen atoms in total. The molecule has 3 N–H and O–H groups in total. The zero-order chi connectivity index (χ0) is 13.0. The van der Waals surface area contributed by atoms with Crippen LogP contribution in [0.25, 0.3) is 0 Å². The van der Waals surface area contributed by atoms with Crippen LogP contribution in [0, 0.1) is 0 Å². The summed E-state index contributed by atoms with van der Waals surface area (Å²) in [4.78, 5) is 4.12. The molecule has 0 aliphatic carbocycles. The van der Waals surface area contributed by atoms with Gasteiger partial charge in [0.25, 0.3) is 0 Å². The summed E-state index contributed by atoms with van der Waals surface area (Å²) in [6, 6.07) is 9.51. The van der Waals surface area contributed by atoms with Crippen LogP contribution in [0.5, 0.6) is 11.5 Å². The Bertz CT molecular complexity index is 568. The summed E-state index contributed by atoms with van der Waals surface area (Å²) in [6.45, 7) is 0. The first-order valence-electron chi connectivity index (χ1n) is 5.34.